The third kappa shape index (κ3) is 3.89. The van der Waals surface area contributed by atoms with Crippen LogP contribution in [0.1, 0.15) is 11.4 Å². The highest BCUT2D eigenvalue weighted by Crippen LogP contribution is 2.20. The fourth-order valence-electron chi connectivity index (χ4n) is 3.05. The summed E-state index contributed by atoms with van der Waals surface area (Å²) < 4.78 is 41.2. The molecule has 1 heterocycles. The van der Waals surface area contributed by atoms with E-state index in [1.54, 1.807) is 18.2 Å². The second kappa shape index (κ2) is 7.44. The number of aryl methyl sites for hydroxylation is 2. The molecule has 28 heavy (non-hydrogen) atoms. The number of nitrogens with zero attached hydrogens (tertiary/aromatic N) is 1. The lowest BCUT2D eigenvalue weighted by atomic mass is 10.1. The van der Waals surface area contributed by atoms with Crippen molar-refractivity contribution >= 4 is 26.7 Å². The Morgan fingerprint density at radius 3 is 2.54 bits per heavy atom. The van der Waals surface area contributed by atoms with Gasteiger partial charge in [-0.3, -0.25) is 4.72 Å². The summed E-state index contributed by atoms with van der Waals surface area (Å²) in [6.45, 7) is 0. The number of para-hydroxylation sites is 2. The summed E-state index contributed by atoms with van der Waals surface area (Å²) in [5, 5.41) is 0. The summed E-state index contributed by atoms with van der Waals surface area (Å²) in [4.78, 5) is 7.46. The first-order valence-electron chi connectivity index (χ1n) is 8.81. The van der Waals surface area contributed by atoms with E-state index < -0.39 is 15.8 Å². The predicted octanol–water partition coefficient (Wildman–Crippen LogP) is 4.29. The molecular weight excluding hydrogens is 377 g/mol. The van der Waals surface area contributed by atoms with Crippen molar-refractivity contribution < 1.29 is 12.8 Å². The Balaban J connectivity index is 1.49. The maximum absolute atomic E-state index is 13.8. The summed E-state index contributed by atoms with van der Waals surface area (Å²) in [6.07, 6.45) is 1.38. The number of rotatable bonds is 6. The first-order chi connectivity index (χ1) is 13.5. The maximum Gasteiger partial charge on any atom is 0.264 e. The summed E-state index contributed by atoms with van der Waals surface area (Å²) in [5.41, 5.74) is 3.26. The Hall–Kier alpha value is -3.19. The molecule has 0 bridgehead atoms. The highest BCUT2D eigenvalue weighted by Gasteiger charge is 2.18. The van der Waals surface area contributed by atoms with Gasteiger partial charge in [0.15, 0.2) is 0 Å². The van der Waals surface area contributed by atoms with Crippen LogP contribution in [0.15, 0.2) is 77.7 Å². The number of aromatic amines is 1. The van der Waals surface area contributed by atoms with Crippen LogP contribution in [0.3, 0.4) is 0 Å². The second-order valence-electron chi connectivity index (χ2n) is 6.44. The van der Waals surface area contributed by atoms with E-state index in [1.165, 1.54) is 18.2 Å². The summed E-state index contributed by atoms with van der Waals surface area (Å²) in [7, 11) is -3.99. The van der Waals surface area contributed by atoms with Crippen molar-refractivity contribution in [2.75, 3.05) is 4.72 Å². The van der Waals surface area contributed by atoms with E-state index in [1.807, 2.05) is 30.3 Å². The van der Waals surface area contributed by atoms with Crippen molar-refractivity contribution in [3.8, 4) is 0 Å². The molecule has 0 amide bonds. The van der Waals surface area contributed by atoms with E-state index in [0.717, 1.165) is 28.5 Å². The highest BCUT2D eigenvalue weighted by molar-refractivity contribution is 7.92. The molecule has 0 radical (unpaired) electrons. The molecule has 7 heteroatoms. The number of aromatic nitrogens is 2. The van der Waals surface area contributed by atoms with E-state index in [0.29, 0.717) is 18.5 Å². The zero-order chi connectivity index (χ0) is 19.6. The molecule has 0 unspecified atom stereocenters. The molecule has 0 aliphatic heterocycles. The average Bonchev–Trinajstić information content (AvgIpc) is 3.09. The monoisotopic (exact) mass is 395 g/mol. The number of nitrogens with one attached hydrogen (secondary N) is 2. The average molecular weight is 395 g/mol. The molecule has 0 atom stereocenters. The third-order valence-corrected chi connectivity index (χ3v) is 5.81. The quantitative estimate of drug-likeness (QED) is 0.511. The number of benzene rings is 3. The van der Waals surface area contributed by atoms with Gasteiger partial charge in [-0.2, -0.15) is 0 Å². The largest absolute Gasteiger partial charge is 0.342 e. The Morgan fingerprint density at radius 1 is 0.929 bits per heavy atom. The molecule has 0 spiro atoms. The molecule has 5 nitrogen and oxygen atoms in total. The van der Waals surface area contributed by atoms with Gasteiger partial charge in [0, 0.05) is 12.1 Å². The predicted molar refractivity (Wildman–Crippen MR) is 107 cm³/mol. The zero-order valence-electron chi connectivity index (χ0n) is 14.9. The minimum absolute atomic E-state index is 0.373. The van der Waals surface area contributed by atoms with E-state index in [4.69, 9.17) is 0 Å². The fraction of sp³-hybridized carbons (Fsp3) is 0.0952. The number of H-pyrrole nitrogens is 1. The van der Waals surface area contributed by atoms with Gasteiger partial charge in [0.2, 0.25) is 0 Å². The van der Waals surface area contributed by atoms with Gasteiger partial charge in [-0.25, -0.2) is 17.8 Å². The number of fused-ring (bicyclic) bond motifs is 1. The van der Waals surface area contributed by atoms with Gasteiger partial charge in [-0.15, -0.1) is 0 Å². The lowest BCUT2D eigenvalue weighted by Crippen LogP contribution is -2.14. The van der Waals surface area contributed by atoms with Crippen LogP contribution in [0.2, 0.25) is 0 Å². The van der Waals surface area contributed by atoms with Crippen LogP contribution in [-0.4, -0.2) is 18.4 Å². The molecule has 3 aromatic carbocycles. The van der Waals surface area contributed by atoms with Gasteiger partial charge in [0.05, 0.1) is 11.0 Å². The van der Waals surface area contributed by atoms with E-state index in [2.05, 4.69) is 14.7 Å². The molecule has 0 saturated heterocycles. The topological polar surface area (TPSA) is 74.8 Å². The lowest BCUT2D eigenvalue weighted by molar-refractivity contribution is 0.570. The van der Waals surface area contributed by atoms with E-state index in [9.17, 15) is 12.8 Å². The van der Waals surface area contributed by atoms with Gasteiger partial charge in [-0.1, -0.05) is 36.4 Å². The van der Waals surface area contributed by atoms with Crippen molar-refractivity contribution in [3.63, 3.8) is 0 Å². The Bertz CT molecular complexity index is 1200. The molecule has 1 aromatic heterocycles. The molecule has 0 aliphatic carbocycles. The van der Waals surface area contributed by atoms with Crippen LogP contribution in [0.5, 0.6) is 0 Å². The van der Waals surface area contributed by atoms with Gasteiger partial charge >= 0.3 is 0 Å². The molecule has 0 saturated carbocycles. The number of anilines is 1. The fourth-order valence-corrected chi connectivity index (χ4v) is 4.18. The number of hydrogen-bond acceptors (Lipinski definition) is 3. The molecule has 0 aliphatic rings. The van der Waals surface area contributed by atoms with Gasteiger partial charge < -0.3 is 4.98 Å². The molecule has 2 N–H and O–H groups in total. The number of hydrogen-bond donors (Lipinski definition) is 2. The SMILES string of the molecule is O=S(=O)(Nc1cccc(CCc2nc3ccccc3[nH]2)c1)c1ccccc1F. The molecule has 142 valence electrons. The molecule has 0 fully saturated rings. The minimum Gasteiger partial charge on any atom is -0.342 e. The van der Waals surface area contributed by atoms with Crippen molar-refractivity contribution in [1.29, 1.82) is 0 Å². The summed E-state index contributed by atoms with van der Waals surface area (Å²) in [5.74, 6) is 0.0922. The summed E-state index contributed by atoms with van der Waals surface area (Å²) in [6, 6.07) is 20.2. The zero-order valence-corrected chi connectivity index (χ0v) is 15.7. The number of imidazole rings is 1. The van der Waals surface area contributed by atoms with Gasteiger partial charge in [0.25, 0.3) is 10.0 Å². The van der Waals surface area contributed by atoms with Crippen molar-refractivity contribution in [3.05, 3.63) is 90.0 Å². The second-order valence-corrected chi connectivity index (χ2v) is 8.09. The van der Waals surface area contributed by atoms with Crippen molar-refractivity contribution in [2.24, 2.45) is 0 Å². The number of sulfonamides is 1. The first kappa shape index (κ1) is 18.2. The minimum atomic E-state index is -3.99. The van der Waals surface area contributed by atoms with Crippen LogP contribution in [0.25, 0.3) is 11.0 Å². The maximum atomic E-state index is 13.8. The molecule has 4 rings (SSSR count). The summed E-state index contributed by atoms with van der Waals surface area (Å²) >= 11 is 0. The van der Waals surface area contributed by atoms with Gasteiger partial charge in [-0.05, 0) is 48.4 Å². The Kier molecular flexibility index (Phi) is 4.83. The number of halogens is 1. The third-order valence-electron chi connectivity index (χ3n) is 4.39. The van der Waals surface area contributed by atoms with Crippen molar-refractivity contribution in [1.82, 2.24) is 9.97 Å². The molecule has 4 aromatic rings. The van der Waals surface area contributed by atoms with Crippen LogP contribution < -0.4 is 4.72 Å². The molecular formula is C21H18FN3O2S. The van der Waals surface area contributed by atoms with Crippen molar-refractivity contribution in [2.45, 2.75) is 17.7 Å². The lowest BCUT2D eigenvalue weighted by Gasteiger charge is -2.10. The van der Waals surface area contributed by atoms with Gasteiger partial charge in [0.1, 0.15) is 16.5 Å². The Morgan fingerprint density at radius 2 is 1.71 bits per heavy atom. The van der Waals surface area contributed by atoms with Crippen LogP contribution in [-0.2, 0) is 22.9 Å². The van der Waals surface area contributed by atoms with Crippen LogP contribution >= 0.6 is 0 Å². The smallest absolute Gasteiger partial charge is 0.264 e. The Labute approximate surface area is 162 Å². The normalized spacial score (nSPS) is 11.6. The van der Waals surface area contributed by atoms with Crippen LogP contribution in [0.4, 0.5) is 10.1 Å². The first-order valence-corrected chi connectivity index (χ1v) is 10.3. The standard InChI is InChI=1S/C21H18FN3O2S/c22-17-8-1-4-11-20(17)28(26,27)25-16-7-5-6-15(14-16)12-13-21-23-18-9-2-3-10-19(18)24-21/h1-11,14,25H,12-13H2,(H,23,24). The highest BCUT2D eigenvalue weighted by atomic mass is 32.2. The van der Waals surface area contributed by atoms with Crippen LogP contribution in [0, 0.1) is 5.82 Å². The van der Waals surface area contributed by atoms with E-state index >= 15 is 0 Å². The van der Waals surface area contributed by atoms with E-state index in [-0.39, 0.29) is 4.90 Å².